The van der Waals surface area contributed by atoms with Crippen LogP contribution in [0.5, 0.6) is 0 Å². The number of thioether (sulfide) groups is 1. The van der Waals surface area contributed by atoms with Crippen LogP contribution in [0.15, 0.2) is 60.7 Å². The molecule has 1 N–H and O–H groups in total. The molecule has 0 saturated carbocycles. The highest BCUT2D eigenvalue weighted by atomic mass is 32.2. The van der Waals surface area contributed by atoms with E-state index in [9.17, 15) is 9.90 Å². The quantitative estimate of drug-likeness (QED) is 0.915. The van der Waals surface area contributed by atoms with E-state index in [1.165, 1.54) is 0 Å². The van der Waals surface area contributed by atoms with Crippen LogP contribution < -0.4 is 0 Å². The minimum atomic E-state index is -1.04. The van der Waals surface area contributed by atoms with Crippen LogP contribution in [0, 0.1) is 0 Å². The second kappa shape index (κ2) is 6.38. The molecule has 0 aliphatic heterocycles. The Bertz CT molecular complexity index is 496. The molecule has 0 aliphatic rings. The normalized spacial score (nSPS) is 12.1. The molecule has 2 aromatic rings. The lowest BCUT2D eigenvalue weighted by Crippen LogP contribution is -2.08. The third kappa shape index (κ3) is 3.45. The van der Waals surface area contributed by atoms with E-state index in [1.54, 1.807) is 12.1 Å². The SMILES string of the molecule is O=C(SCc1ccccc1)C(O)c1ccccc1. The predicted molar refractivity (Wildman–Crippen MR) is 74.1 cm³/mol. The Hall–Kier alpha value is -1.58. The molecule has 0 radical (unpaired) electrons. The van der Waals surface area contributed by atoms with E-state index in [2.05, 4.69) is 0 Å². The van der Waals surface area contributed by atoms with Gasteiger partial charge in [-0.2, -0.15) is 0 Å². The van der Waals surface area contributed by atoms with Crippen molar-refractivity contribution < 1.29 is 9.90 Å². The van der Waals surface area contributed by atoms with Gasteiger partial charge < -0.3 is 5.11 Å². The summed E-state index contributed by atoms with van der Waals surface area (Å²) in [4.78, 5) is 11.8. The van der Waals surface area contributed by atoms with Crippen LogP contribution in [0.25, 0.3) is 0 Å². The molecule has 92 valence electrons. The van der Waals surface area contributed by atoms with Crippen LogP contribution >= 0.6 is 11.8 Å². The number of benzene rings is 2. The molecule has 1 atom stereocenters. The lowest BCUT2D eigenvalue weighted by molar-refractivity contribution is -0.118. The molecule has 0 bridgehead atoms. The molecule has 3 heteroatoms. The smallest absolute Gasteiger partial charge is 0.222 e. The van der Waals surface area contributed by atoms with Crippen molar-refractivity contribution in [3.8, 4) is 0 Å². The maximum absolute atomic E-state index is 11.8. The van der Waals surface area contributed by atoms with Gasteiger partial charge in [0, 0.05) is 5.75 Å². The number of hydrogen-bond acceptors (Lipinski definition) is 3. The lowest BCUT2D eigenvalue weighted by atomic mass is 10.1. The second-order valence-electron chi connectivity index (χ2n) is 3.91. The molecular weight excluding hydrogens is 244 g/mol. The van der Waals surface area contributed by atoms with Crippen LogP contribution in [0.3, 0.4) is 0 Å². The second-order valence-corrected chi connectivity index (χ2v) is 4.89. The number of carbonyl (C=O) groups is 1. The first kappa shape index (κ1) is 12.9. The molecule has 2 rings (SSSR count). The summed E-state index contributed by atoms with van der Waals surface area (Å²) in [5, 5.41) is 9.68. The highest BCUT2D eigenvalue weighted by Gasteiger charge is 2.17. The number of aliphatic hydroxyl groups is 1. The van der Waals surface area contributed by atoms with Crippen molar-refractivity contribution >= 4 is 16.9 Å². The standard InChI is InChI=1S/C15H14O2S/c16-14(13-9-5-2-6-10-13)15(17)18-11-12-7-3-1-4-8-12/h1-10,14,16H,11H2. The molecule has 0 heterocycles. The van der Waals surface area contributed by atoms with Gasteiger partial charge >= 0.3 is 0 Å². The Morgan fingerprint density at radius 3 is 2.17 bits per heavy atom. The Kier molecular flexibility index (Phi) is 4.56. The molecule has 0 amide bonds. The Morgan fingerprint density at radius 2 is 1.56 bits per heavy atom. The predicted octanol–water partition coefficient (Wildman–Crippen LogP) is 3.18. The molecule has 2 nitrogen and oxygen atoms in total. The Balaban J connectivity index is 1.93. The Morgan fingerprint density at radius 1 is 1.00 bits per heavy atom. The molecule has 0 aromatic heterocycles. The van der Waals surface area contributed by atoms with Crippen molar-refractivity contribution in [1.82, 2.24) is 0 Å². The van der Waals surface area contributed by atoms with Gasteiger partial charge in [0.1, 0.15) is 6.10 Å². The fourth-order valence-electron chi connectivity index (χ4n) is 1.58. The van der Waals surface area contributed by atoms with Crippen LogP contribution in [-0.2, 0) is 10.5 Å². The fourth-order valence-corrected chi connectivity index (χ4v) is 2.37. The topological polar surface area (TPSA) is 37.3 Å². The molecule has 2 aromatic carbocycles. The van der Waals surface area contributed by atoms with Crippen LogP contribution in [0.2, 0.25) is 0 Å². The van der Waals surface area contributed by atoms with Gasteiger partial charge in [-0.15, -0.1) is 0 Å². The van der Waals surface area contributed by atoms with Gasteiger partial charge in [-0.25, -0.2) is 0 Å². The summed E-state index contributed by atoms with van der Waals surface area (Å²) in [6.07, 6.45) is -1.04. The molecule has 0 saturated heterocycles. The van der Waals surface area contributed by atoms with Gasteiger partial charge in [-0.3, -0.25) is 4.79 Å². The van der Waals surface area contributed by atoms with Gasteiger partial charge in [-0.05, 0) is 11.1 Å². The number of aliphatic hydroxyl groups excluding tert-OH is 1. The van der Waals surface area contributed by atoms with Crippen molar-refractivity contribution in [3.63, 3.8) is 0 Å². The molecule has 18 heavy (non-hydrogen) atoms. The average molecular weight is 258 g/mol. The first-order valence-electron chi connectivity index (χ1n) is 5.71. The van der Waals surface area contributed by atoms with E-state index in [4.69, 9.17) is 0 Å². The van der Waals surface area contributed by atoms with E-state index in [0.717, 1.165) is 17.3 Å². The lowest BCUT2D eigenvalue weighted by Gasteiger charge is -2.09. The first-order chi connectivity index (χ1) is 8.77. The maximum Gasteiger partial charge on any atom is 0.222 e. The number of hydrogen-bond donors (Lipinski definition) is 1. The van der Waals surface area contributed by atoms with Crippen LogP contribution in [0.1, 0.15) is 17.2 Å². The van der Waals surface area contributed by atoms with E-state index in [1.807, 2.05) is 48.5 Å². The van der Waals surface area contributed by atoms with Crippen molar-refractivity contribution in [3.05, 3.63) is 71.8 Å². The molecule has 1 unspecified atom stereocenters. The first-order valence-corrected chi connectivity index (χ1v) is 6.69. The molecular formula is C15H14O2S. The van der Waals surface area contributed by atoms with Gasteiger partial charge in [0.2, 0.25) is 5.12 Å². The van der Waals surface area contributed by atoms with Crippen LogP contribution in [0.4, 0.5) is 0 Å². The molecule has 0 fully saturated rings. The third-order valence-electron chi connectivity index (χ3n) is 2.56. The maximum atomic E-state index is 11.8. The Labute approximate surface area is 111 Å². The van der Waals surface area contributed by atoms with Gasteiger partial charge in [0.05, 0.1) is 0 Å². The monoisotopic (exact) mass is 258 g/mol. The zero-order valence-corrected chi connectivity index (χ0v) is 10.6. The minimum absolute atomic E-state index is 0.218. The third-order valence-corrected chi connectivity index (χ3v) is 3.55. The van der Waals surface area contributed by atoms with Crippen LogP contribution in [-0.4, -0.2) is 10.2 Å². The van der Waals surface area contributed by atoms with Crippen molar-refractivity contribution in [1.29, 1.82) is 0 Å². The highest BCUT2D eigenvalue weighted by Crippen LogP contribution is 2.22. The largest absolute Gasteiger partial charge is 0.380 e. The minimum Gasteiger partial charge on any atom is -0.380 e. The van der Waals surface area contributed by atoms with Gasteiger partial charge in [0.25, 0.3) is 0 Å². The zero-order valence-electron chi connectivity index (χ0n) is 9.82. The number of carbonyl (C=O) groups excluding carboxylic acids is 1. The van der Waals surface area contributed by atoms with E-state index in [0.29, 0.717) is 11.3 Å². The van der Waals surface area contributed by atoms with E-state index in [-0.39, 0.29) is 5.12 Å². The number of rotatable bonds is 4. The van der Waals surface area contributed by atoms with Crippen molar-refractivity contribution in [2.45, 2.75) is 11.9 Å². The summed E-state index contributed by atoms with van der Waals surface area (Å²) >= 11 is 1.14. The summed E-state index contributed by atoms with van der Waals surface area (Å²) in [6, 6.07) is 18.7. The zero-order chi connectivity index (χ0) is 12.8. The molecule has 0 spiro atoms. The van der Waals surface area contributed by atoms with Gasteiger partial charge in [-0.1, -0.05) is 72.4 Å². The summed E-state index contributed by atoms with van der Waals surface area (Å²) in [6.45, 7) is 0. The van der Waals surface area contributed by atoms with Gasteiger partial charge in [0.15, 0.2) is 0 Å². The summed E-state index contributed by atoms with van der Waals surface area (Å²) in [5.74, 6) is 0.587. The van der Waals surface area contributed by atoms with E-state index < -0.39 is 6.10 Å². The average Bonchev–Trinajstić information content (AvgIpc) is 2.46. The fraction of sp³-hybridized carbons (Fsp3) is 0.133. The molecule has 0 aliphatic carbocycles. The summed E-state index contributed by atoms with van der Waals surface area (Å²) < 4.78 is 0. The summed E-state index contributed by atoms with van der Waals surface area (Å²) in [5.41, 5.74) is 1.72. The van der Waals surface area contributed by atoms with E-state index >= 15 is 0 Å². The summed E-state index contributed by atoms with van der Waals surface area (Å²) in [7, 11) is 0. The van der Waals surface area contributed by atoms with Crippen molar-refractivity contribution in [2.24, 2.45) is 0 Å². The van der Waals surface area contributed by atoms with Crippen molar-refractivity contribution in [2.75, 3.05) is 0 Å². The highest BCUT2D eigenvalue weighted by molar-refractivity contribution is 8.13.